The highest BCUT2D eigenvalue weighted by Gasteiger charge is 2.34. The number of hydrogen-bond donors (Lipinski definition) is 2. The van der Waals surface area contributed by atoms with E-state index in [1.165, 1.54) is 0 Å². The van der Waals surface area contributed by atoms with Crippen molar-refractivity contribution < 1.29 is 28.3 Å². The molecule has 1 aromatic rings. The summed E-state index contributed by atoms with van der Waals surface area (Å²) < 4.78 is 31.1. The molecule has 0 aliphatic carbocycles. The molecule has 1 fully saturated rings. The van der Waals surface area contributed by atoms with Crippen molar-refractivity contribution in [3.05, 3.63) is 28.3 Å². The van der Waals surface area contributed by atoms with Crippen molar-refractivity contribution in [2.24, 2.45) is 0 Å². The molecule has 1 aliphatic heterocycles. The summed E-state index contributed by atoms with van der Waals surface area (Å²) >= 11 is 0. The molecule has 1 heterocycles. The Morgan fingerprint density at radius 1 is 1.48 bits per heavy atom. The minimum atomic E-state index is -4.02. The van der Waals surface area contributed by atoms with E-state index in [1.807, 2.05) is 0 Å². The van der Waals surface area contributed by atoms with Gasteiger partial charge >= 0.3 is 5.69 Å². The average molecular weight is 318 g/mol. The first kappa shape index (κ1) is 15.6. The summed E-state index contributed by atoms with van der Waals surface area (Å²) in [7, 11) is -4.02. The van der Waals surface area contributed by atoms with Gasteiger partial charge in [-0.3, -0.25) is 10.1 Å². The standard InChI is InChI=1S/C11H14N2O7S/c14-6-8-7-20-4-3-12(8)21(18,19)9-1-2-11(15)10(5-9)13(16)17/h1-2,5,8,14-15H,3-4,6-7H2/t8-/m1/s1. The van der Waals surface area contributed by atoms with Gasteiger partial charge in [0.1, 0.15) is 0 Å². The van der Waals surface area contributed by atoms with Gasteiger partial charge < -0.3 is 14.9 Å². The van der Waals surface area contributed by atoms with Gasteiger partial charge in [-0.2, -0.15) is 4.31 Å². The average Bonchev–Trinajstić information content (AvgIpc) is 2.47. The maximum atomic E-state index is 12.5. The number of ether oxygens (including phenoxy) is 1. The summed E-state index contributed by atoms with van der Waals surface area (Å²) in [5.41, 5.74) is -0.690. The third-order valence-electron chi connectivity index (χ3n) is 3.13. The highest BCUT2D eigenvalue weighted by atomic mass is 32.2. The van der Waals surface area contributed by atoms with E-state index in [0.717, 1.165) is 22.5 Å². The molecule has 0 spiro atoms. The van der Waals surface area contributed by atoms with Crippen molar-refractivity contribution in [2.45, 2.75) is 10.9 Å². The highest BCUT2D eigenvalue weighted by molar-refractivity contribution is 7.89. The van der Waals surface area contributed by atoms with E-state index >= 15 is 0 Å². The number of phenolic OH excluding ortho intramolecular Hbond substituents is 1. The topological polar surface area (TPSA) is 130 Å². The monoisotopic (exact) mass is 318 g/mol. The largest absolute Gasteiger partial charge is 0.502 e. The smallest absolute Gasteiger partial charge is 0.312 e. The van der Waals surface area contributed by atoms with Gasteiger partial charge in [0.25, 0.3) is 0 Å². The molecule has 0 radical (unpaired) electrons. The van der Waals surface area contributed by atoms with E-state index in [2.05, 4.69) is 0 Å². The molecule has 10 heteroatoms. The lowest BCUT2D eigenvalue weighted by Gasteiger charge is -2.33. The summed E-state index contributed by atoms with van der Waals surface area (Å²) in [6.07, 6.45) is 0. The molecule has 0 unspecified atom stereocenters. The number of benzene rings is 1. The number of nitro groups is 1. The fourth-order valence-corrected chi connectivity index (χ4v) is 3.65. The van der Waals surface area contributed by atoms with Gasteiger partial charge in [0.2, 0.25) is 10.0 Å². The van der Waals surface area contributed by atoms with Gasteiger partial charge in [-0.1, -0.05) is 0 Å². The quantitative estimate of drug-likeness (QED) is 0.574. The van der Waals surface area contributed by atoms with Gasteiger partial charge in [0.05, 0.1) is 35.7 Å². The second-order valence-corrected chi connectivity index (χ2v) is 6.33. The number of nitrogens with zero attached hydrogens (tertiary/aromatic N) is 2. The minimum absolute atomic E-state index is 0.0439. The van der Waals surface area contributed by atoms with Crippen LogP contribution in [-0.2, 0) is 14.8 Å². The fraction of sp³-hybridized carbons (Fsp3) is 0.455. The normalized spacial score (nSPS) is 20.3. The lowest BCUT2D eigenvalue weighted by atomic mass is 10.3. The zero-order valence-corrected chi connectivity index (χ0v) is 11.7. The van der Waals surface area contributed by atoms with Crippen molar-refractivity contribution in [3.8, 4) is 5.75 Å². The predicted octanol–water partition coefficient (Wildman–Crippen LogP) is -0.318. The number of phenols is 1. The Bertz CT molecular complexity index is 646. The van der Waals surface area contributed by atoms with E-state index < -0.39 is 39.0 Å². The first-order chi connectivity index (χ1) is 9.87. The first-order valence-electron chi connectivity index (χ1n) is 6.05. The lowest BCUT2D eigenvalue weighted by molar-refractivity contribution is -0.386. The van der Waals surface area contributed by atoms with Gasteiger partial charge in [0, 0.05) is 12.6 Å². The Morgan fingerprint density at radius 2 is 2.19 bits per heavy atom. The maximum absolute atomic E-state index is 12.5. The van der Waals surface area contributed by atoms with Gasteiger partial charge in [-0.15, -0.1) is 0 Å². The third-order valence-corrected chi connectivity index (χ3v) is 5.08. The van der Waals surface area contributed by atoms with Crippen LogP contribution in [0.25, 0.3) is 0 Å². The van der Waals surface area contributed by atoms with E-state index in [9.17, 15) is 28.7 Å². The van der Waals surface area contributed by atoms with E-state index in [0.29, 0.717) is 0 Å². The first-order valence-corrected chi connectivity index (χ1v) is 7.49. The summed E-state index contributed by atoms with van der Waals surface area (Å²) in [6, 6.07) is 2.10. The zero-order chi connectivity index (χ0) is 15.6. The van der Waals surface area contributed by atoms with Crippen LogP contribution in [0, 0.1) is 10.1 Å². The molecule has 116 valence electrons. The molecule has 9 nitrogen and oxygen atoms in total. The van der Waals surface area contributed by atoms with Crippen LogP contribution >= 0.6 is 0 Å². The second-order valence-electron chi connectivity index (χ2n) is 4.43. The summed E-state index contributed by atoms with van der Waals surface area (Å²) in [4.78, 5) is 9.60. The molecule has 1 atom stereocenters. The number of aliphatic hydroxyl groups excluding tert-OH is 1. The van der Waals surface area contributed by atoms with Gasteiger partial charge in [0.15, 0.2) is 5.75 Å². The van der Waals surface area contributed by atoms with Crippen LogP contribution in [0.3, 0.4) is 0 Å². The number of hydrogen-bond acceptors (Lipinski definition) is 7. The van der Waals surface area contributed by atoms with E-state index in [4.69, 9.17) is 4.74 Å². The number of morpholine rings is 1. The molecule has 0 amide bonds. The van der Waals surface area contributed by atoms with E-state index in [1.54, 1.807) is 0 Å². The Labute approximate surface area is 120 Å². The predicted molar refractivity (Wildman–Crippen MR) is 70.3 cm³/mol. The van der Waals surface area contributed by atoms with E-state index in [-0.39, 0.29) is 24.7 Å². The molecule has 2 N–H and O–H groups in total. The van der Waals surface area contributed by atoms with Gasteiger partial charge in [-0.05, 0) is 12.1 Å². The lowest BCUT2D eigenvalue weighted by Crippen LogP contribution is -2.50. The molecular formula is C11H14N2O7S. The Balaban J connectivity index is 2.43. The SMILES string of the molecule is O=[N+]([O-])c1cc(S(=O)(=O)N2CCOC[C@H]2CO)ccc1O. The van der Waals surface area contributed by atoms with Crippen LogP contribution in [0.4, 0.5) is 5.69 Å². The Morgan fingerprint density at radius 3 is 2.81 bits per heavy atom. The summed E-state index contributed by atoms with van der Waals surface area (Å²) in [5, 5.41) is 29.4. The molecule has 0 aromatic heterocycles. The van der Waals surface area contributed by atoms with Crippen molar-refractivity contribution in [1.82, 2.24) is 4.31 Å². The molecule has 1 saturated heterocycles. The maximum Gasteiger partial charge on any atom is 0.312 e. The third kappa shape index (κ3) is 2.97. The molecular weight excluding hydrogens is 304 g/mol. The number of aliphatic hydroxyl groups is 1. The number of rotatable bonds is 4. The fourth-order valence-electron chi connectivity index (χ4n) is 2.05. The Hall–Kier alpha value is -1.75. The van der Waals surface area contributed by atoms with Crippen LogP contribution in [0.1, 0.15) is 0 Å². The van der Waals surface area contributed by atoms with Crippen molar-refractivity contribution in [1.29, 1.82) is 0 Å². The minimum Gasteiger partial charge on any atom is -0.502 e. The molecule has 1 aliphatic rings. The van der Waals surface area contributed by atoms with Crippen molar-refractivity contribution >= 4 is 15.7 Å². The molecule has 1 aromatic carbocycles. The number of sulfonamides is 1. The van der Waals surface area contributed by atoms with Crippen molar-refractivity contribution in [2.75, 3.05) is 26.4 Å². The highest BCUT2D eigenvalue weighted by Crippen LogP contribution is 2.30. The molecule has 0 bridgehead atoms. The zero-order valence-electron chi connectivity index (χ0n) is 10.9. The summed E-state index contributed by atoms with van der Waals surface area (Å²) in [5.74, 6) is -0.611. The molecule has 2 rings (SSSR count). The summed E-state index contributed by atoms with van der Waals surface area (Å²) in [6.45, 7) is -0.145. The van der Waals surface area contributed by atoms with Crippen molar-refractivity contribution in [3.63, 3.8) is 0 Å². The molecule has 0 saturated carbocycles. The Kier molecular flexibility index (Phi) is 4.42. The second kappa shape index (κ2) is 5.93. The van der Waals surface area contributed by atoms with Crippen LogP contribution in [0.15, 0.2) is 23.1 Å². The van der Waals surface area contributed by atoms with Crippen LogP contribution in [0.2, 0.25) is 0 Å². The van der Waals surface area contributed by atoms with Crippen LogP contribution in [-0.4, -0.2) is 60.3 Å². The van der Waals surface area contributed by atoms with Crippen LogP contribution in [0.5, 0.6) is 5.75 Å². The number of aromatic hydroxyl groups is 1. The van der Waals surface area contributed by atoms with Crippen LogP contribution < -0.4 is 0 Å². The van der Waals surface area contributed by atoms with Gasteiger partial charge in [-0.25, -0.2) is 8.42 Å². The molecule has 21 heavy (non-hydrogen) atoms. The number of nitro benzene ring substituents is 1.